The molecular formula is C29H32ClN3O5. The number of nitrogens with zero attached hydrogens (tertiary/aromatic N) is 2. The van der Waals surface area contributed by atoms with Gasteiger partial charge in [-0.15, -0.1) is 0 Å². The molecule has 200 valence electrons. The van der Waals surface area contributed by atoms with Crippen molar-refractivity contribution in [3.63, 3.8) is 0 Å². The maximum Gasteiger partial charge on any atom is 0.312 e. The van der Waals surface area contributed by atoms with Crippen molar-refractivity contribution in [2.45, 2.75) is 38.0 Å². The minimum absolute atomic E-state index is 0.00369. The molecular weight excluding hydrogens is 506 g/mol. The lowest BCUT2D eigenvalue weighted by molar-refractivity contribution is -0.154. The van der Waals surface area contributed by atoms with Gasteiger partial charge in [-0.1, -0.05) is 66.2 Å². The number of nitrogens with one attached hydrogen (secondary N) is 1. The predicted molar refractivity (Wildman–Crippen MR) is 146 cm³/mol. The van der Waals surface area contributed by atoms with E-state index in [1.807, 2.05) is 42.5 Å². The summed E-state index contributed by atoms with van der Waals surface area (Å²) in [6.07, 6.45) is 2.70. The monoisotopic (exact) mass is 537 g/mol. The van der Waals surface area contributed by atoms with Gasteiger partial charge in [0.05, 0.1) is 29.2 Å². The van der Waals surface area contributed by atoms with Crippen LogP contribution in [0.2, 0.25) is 5.02 Å². The number of aliphatic imine (C=N–C) groups is 1. The first-order valence-electron chi connectivity index (χ1n) is 12.3. The Morgan fingerprint density at radius 3 is 2.53 bits per heavy atom. The topological polar surface area (TPSA) is 121 Å². The van der Waals surface area contributed by atoms with Crippen LogP contribution in [0.5, 0.6) is 0 Å². The zero-order valence-electron chi connectivity index (χ0n) is 21.6. The Kier molecular flexibility index (Phi) is 10.2. The number of rotatable bonds is 11. The van der Waals surface area contributed by atoms with Crippen molar-refractivity contribution in [2.24, 2.45) is 16.3 Å². The highest BCUT2D eigenvalue weighted by atomic mass is 35.5. The van der Waals surface area contributed by atoms with Gasteiger partial charge in [0.25, 0.3) is 0 Å². The summed E-state index contributed by atoms with van der Waals surface area (Å²) in [5.41, 5.74) is 0.263. The number of nitriles is 1. The Balaban J connectivity index is 2.13. The molecule has 2 aromatic rings. The van der Waals surface area contributed by atoms with Gasteiger partial charge in [0.2, 0.25) is 5.91 Å². The highest BCUT2D eigenvalue weighted by Gasteiger charge is 2.59. The summed E-state index contributed by atoms with van der Waals surface area (Å²) in [6, 6.07) is 17.7. The first-order chi connectivity index (χ1) is 18.3. The molecule has 0 saturated carbocycles. The Hall–Kier alpha value is -3.51. The number of halogens is 1. The lowest BCUT2D eigenvalue weighted by atomic mass is 9.57. The van der Waals surface area contributed by atoms with E-state index in [-0.39, 0.29) is 25.1 Å². The van der Waals surface area contributed by atoms with Crippen molar-refractivity contribution < 1.29 is 24.2 Å². The molecule has 1 heterocycles. The maximum atomic E-state index is 13.9. The average Bonchev–Trinajstić information content (AvgIpc) is 2.91. The molecule has 4 atom stereocenters. The Labute approximate surface area is 227 Å². The van der Waals surface area contributed by atoms with Gasteiger partial charge in [0, 0.05) is 38.1 Å². The first kappa shape index (κ1) is 29.1. The zero-order valence-corrected chi connectivity index (χ0v) is 22.4. The SMILES string of the molecule is COC(OC)C1=NC(C)C(CCC#N)(C(=O)O)C(c2cccc(Cl)c2)C1C(=O)NCC=Cc1ccccc1. The quantitative estimate of drug-likeness (QED) is 0.400. The molecule has 4 unspecified atom stereocenters. The number of carboxylic acids is 1. The molecule has 0 radical (unpaired) electrons. The molecule has 0 bridgehead atoms. The van der Waals surface area contributed by atoms with Gasteiger partial charge in [-0.2, -0.15) is 5.26 Å². The van der Waals surface area contributed by atoms with E-state index < -0.39 is 41.5 Å². The highest BCUT2D eigenvalue weighted by molar-refractivity contribution is 6.30. The Morgan fingerprint density at radius 2 is 1.92 bits per heavy atom. The smallest absolute Gasteiger partial charge is 0.312 e. The molecule has 3 rings (SSSR count). The standard InChI is InChI=1S/C29H32ClN3O5/c1-19-29(28(35)36,15-9-16-31)24(21-13-7-14-22(30)18-21)23(25(33-19)27(37-2)38-3)26(34)32-17-8-12-20-10-5-4-6-11-20/h4-8,10-14,18-19,23-24,27H,9,15,17H2,1-3H3,(H,32,34)(H,35,36). The van der Waals surface area contributed by atoms with Crippen LogP contribution in [0.1, 0.15) is 36.8 Å². The summed E-state index contributed by atoms with van der Waals surface area (Å²) in [6.45, 7) is 1.89. The molecule has 0 saturated heterocycles. The lowest BCUT2D eigenvalue weighted by Crippen LogP contribution is -2.58. The van der Waals surface area contributed by atoms with Crippen LogP contribution >= 0.6 is 11.6 Å². The lowest BCUT2D eigenvalue weighted by Gasteiger charge is -2.48. The van der Waals surface area contributed by atoms with E-state index in [0.29, 0.717) is 10.6 Å². The van der Waals surface area contributed by atoms with Crippen LogP contribution in [0.25, 0.3) is 6.08 Å². The number of amides is 1. The first-order valence-corrected chi connectivity index (χ1v) is 12.7. The van der Waals surface area contributed by atoms with E-state index in [9.17, 15) is 20.0 Å². The zero-order chi connectivity index (χ0) is 27.7. The summed E-state index contributed by atoms with van der Waals surface area (Å²) in [5.74, 6) is -3.53. The molecule has 2 N–H and O–H groups in total. The third-order valence-electron chi connectivity index (χ3n) is 7.01. The van der Waals surface area contributed by atoms with Gasteiger partial charge >= 0.3 is 5.97 Å². The number of methoxy groups -OCH3 is 2. The number of benzene rings is 2. The van der Waals surface area contributed by atoms with Crippen LogP contribution in [-0.2, 0) is 19.1 Å². The van der Waals surface area contributed by atoms with E-state index in [1.165, 1.54) is 14.2 Å². The minimum Gasteiger partial charge on any atom is -0.481 e. The van der Waals surface area contributed by atoms with Crippen molar-refractivity contribution in [3.05, 3.63) is 76.8 Å². The Bertz CT molecular complexity index is 1220. The predicted octanol–water partition coefficient (Wildman–Crippen LogP) is 4.71. The molecule has 9 heteroatoms. The van der Waals surface area contributed by atoms with Crippen molar-refractivity contribution in [3.8, 4) is 6.07 Å². The summed E-state index contributed by atoms with van der Waals surface area (Å²) in [4.78, 5) is 31.6. The molecule has 0 aliphatic carbocycles. The van der Waals surface area contributed by atoms with Crippen LogP contribution in [0.15, 0.2) is 65.7 Å². The third kappa shape index (κ3) is 6.13. The van der Waals surface area contributed by atoms with Crippen LogP contribution in [-0.4, -0.2) is 55.8 Å². The van der Waals surface area contributed by atoms with Crippen molar-refractivity contribution in [2.75, 3.05) is 20.8 Å². The molecule has 8 nitrogen and oxygen atoms in total. The Morgan fingerprint density at radius 1 is 1.21 bits per heavy atom. The number of aliphatic carboxylic acids is 1. The maximum absolute atomic E-state index is 13.9. The van der Waals surface area contributed by atoms with E-state index in [0.717, 1.165) is 5.56 Å². The molecule has 0 fully saturated rings. The summed E-state index contributed by atoms with van der Waals surface area (Å²) < 4.78 is 11.0. The van der Waals surface area contributed by atoms with Gasteiger partial charge in [0.1, 0.15) is 0 Å². The van der Waals surface area contributed by atoms with Crippen LogP contribution in [0, 0.1) is 22.7 Å². The number of hydrogen-bond acceptors (Lipinski definition) is 6. The van der Waals surface area contributed by atoms with Gasteiger partial charge < -0.3 is 19.9 Å². The van der Waals surface area contributed by atoms with Gasteiger partial charge in [0.15, 0.2) is 6.29 Å². The molecule has 1 amide bonds. The molecule has 1 aliphatic rings. The van der Waals surface area contributed by atoms with Crippen molar-refractivity contribution in [1.29, 1.82) is 5.26 Å². The second kappa shape index (κ2) is 13.3. The highest BCUT2D eigenvalue weighted by Crippen LogP contribution is 2.52. The number of hydrogen-bond donors (Lipinski definition) is 2. The summed E-state index contributed by atoms with van der Waals surface area (Å²) >= 11 is 6.33. The number of ether oxygens (including phenoxy) is 2. The fraction of sp³-hybridized carbons (Fsp3) is 0.379. The number of carbonyl (C=O) groups is 2. The molecule has 38 heavy (non-hydrogen) atoms. The van der Waals surface area contributed by atoms with Gasteiger partial charge in [-0.25, -0.2) is 0 Å². The van der Waals surface area contributed by atoms with Gasteiger partial charge in [-0.3, -0.25) is 14.6 Å². The fourth-order valence-electron chi connectivity index (χ4n) is 5.24. The molecule has 0 aromatic heterocycles. The normalized spacial score (nSPS) is 23.2. The van der Waals surface area contributed by atoms with E-state index >= 15 is 0 Å². The largest absolute Gasteiger partial charge is 0.481 e. The van der Waals surface area contributed by atoms with Crippen LogP contribution in [0.4, 0.5) is 0 Å². The fourth-order valence-corrected chi connectivity index (χ4v) is 5.44. The summed E-state index contributed by atoms with van der Waals surface area (Å²) in [5, 5.41) is 23.3. The second-order valence-corrected chi connectivity index (χ2v) is 9.54. The van der Waals surface area contributed by atoms with E-state index in [4.69, 9.17) is 26.1 Å². The second-order valence-electron chi connectivity index (χ2n) is 9.11. The van der Waals surface area contributed by atoms with E-state index in [1.54, 1.807) is 31.2 Å². The van der Waals surface area contributed by atoms with Crippen molar-refractivity contribution in [1.82, 2.24) is 5.32 Å². The molecule has 0 spiro atoms. The average molecular weight is 538 g/mol. The van der Waals surface area contributed by atoms with Crippen LogP contribution < -0.4 is 5.32 Å². The van der Waals surface area contributed by atoms with Crippen LogP contribution in [0.3, 0.4) is 0 Å². The number of carbonyl (C=O) groups excluding carboxylic acids is 1. The molecule has 2 aromatic carbocycles. The summed E-state index contributed by atoms with van der Waals surface area (Å²) in [7, 11) is 2.87. The van der Waals surface area contributed by atoms with Crippen molar-refractivity contribution >= 4 is 35.3 Å². The third-order valence-corrected chi connectivity index (χ3v) is 7.24. The van der Waals surface area contributed by atoms with E-state index in [2.05, 4.69) is 11.4 Å². The van der Waals surface area contributed by atoms with Gasteiger partial charge in [-0.05, 0) is 36.6 Å². The molecule has 1 aliphatic heterocycles. The minimum atomic E-state index is -1.56. The number of carboxylic acid groups (broad SMARTS) is 1.